The highest BCUT2D eigenvalue weighted by Gasteiger charge is 2.58. The van der Waals surface area contributed by atoms with Gasteiger partial charge in [-0.25, -0.2) is 0 Å². The number of aliphatic hydroxyl groups excluding tert-OH is 1. The Balaban J connectivity index is 1.87. The van der Waals surface area contributed by atoms with Gasteiger partial charge in [-0.2, -0.15) is 0 Å². The molecule has 0 aromatic rings. The molecule has 3 fully saturated rings. The van der Waals surface area contributed by atoms with E-state index in [1.165, 1.54) is 12.7 Å². The monoisotopic (exact) mass is 366 g/mol. The van der Waals surface area contributed by atoms with Crippen molar-refractivity contribution in [2.45, 2.75) is 71.2 Å². The predicted molar refractivity (Wildman–Crippen MR) is 98.4 cm³/mol. The van der Waals surface area contributed by atoms with Crippen LogP contribution >= 0.6 is 0 Å². The van der Waals surface area contributed by atoms with Crippen LogP contribution in [-0.4, -0.2) is 43.3 Å². The van der Waals surface area contributed by atoms with Crippen molar-refractivity contribution >= 4 is 5.97 Å². The third kappa shape index (κ3) is 3.02. The molecule has 1 heterocycles. The number of hydrogen-bond acceptors (Lipinski definition) is 5. The molecule has 2 saturated carbocycles. The highest BCUT2D eigenvalue weighted by Crippen LogP contribution is 2.62. The molecule has 1 unspecified atom stereocenters. The van der Waals surface area contributed by atoms with Gasteiger partial charge < -0.3 is 19.3 Å². The second-order valence-electron chi connectivity index (χ2n) is 9.03. The van der Waals surface area contributed by atoms with Gasteiger partial charge in [-0.15, -0.1) is 0 Å². The number of esters is 1. The quantitative estimate of drug-likeness (QED) is 0.610. The zero-order valence-electron chi connectivity index (χ0n) is 16.7. The first kappa shape index (κ1) is 19.8. The van der Waals surface area contributed by atoms with Gasteiger partial charge >= 0.3 is 5.97 Å². The topological polar surface area (TPSA) is 65.0 Å². The minimum absolute atomic E-state index is 0.0769. The standard InChI is InChI=1S/C21H34O5/c1-14-7-8-16-19(2,9-6-10-20(16,3)18(23)24-5)15(14)13-17(22)21(4)25-11-12-26-21/h15-17,22H,1,6-13H2,2-5H3/t15-,16+,17?,19+,20-/m0/s1. The zero-order chi connectivity index (χ0) is 19.2. The van der Waals surface area contributed by atoms with Crippen LogP contribution in [0.5, 0.6) is 0 Å². The molecule has 1 saturated heterocycles. The average Bonchev–Trinajstić information content (AvgIpc) is 3.05. The molecule has 0 amide bonds. The van der Waals surface area contributed by atoms with Crippen LogP contribution in [0.2, 0.25) is 0 Å². The highest BCUT2D eigenvalue weighted by molar-refractivity contribution is 5.77. The summed E-state index contributed by atoms with van der Waals surface area (Å²) in [5.41, 5.74) is 0.640. The summed E-state index contributed by atoms with van der Waals surface area (Å²) in [5, 5.41) is 10.9. The van der Waals surface area contributed by atoms with E-state index in [1.807, 2.05) is 6.92 Å². The fourth-order valence-electron chi connectivity index (χ4n) is 6.02. The van der Waals surface area contributed by atoms with Crippen molar-refractivity contribution in [1.29, 1.82) is 0 Å². The lowest BCUT2D eigenvalue weighted by Crippen LogP contribution is -2.55. The van der Waals surface area contributed by atoms with Gasteiger partial charge in [0.15, 0.2) is 5.79 Å². The maximum atomic E-state index is 12.6. The van der Waals surface area contributed by atoms with Gasteiger partial charge in [-0.1, -0.05) is 25.5 Å². The Kier molecular flexibility index (Phi) is 5.28. The van der Waals surface area contributed by atoms with Crippen molar-refractivity contribution in [3.63, 3.8) is 0 Å². The van der Waals surface area contributed by atoms with Crippen LogP contribution in [-0.2, 0) is 19.0 Å². The predicted octanol–water partition coefficient (Wildman–Crippen LogP) is 3.45. The molecule has 3 aliphatic rings. The lowest BCUT2D eigenvalue weighted by atomic mass is 9.46. The molecular formula is C21H34O5. The van der Waals surface area contributed by atoms with Gasteiger partial charge in [-0.3, -0.25) is 4.79 Å². The molecule has 5 atom stereocenters. The minimum Gasteiger partial charge on any atom is -0.469 e. The Labute approximate surface area is 157 Å². The lowest BCUT2D eigenvalue weighted by Gasteiger charge is -2.58. The molecule has 3 rings (SSSR count). The van der Waals surface area contributed by atoms with E-state index in [0.717, 1.165) is 32.1 Å². The van der Waals surface area contributed by atoms with Crippen molar-refractivity contribution < 1.29 is 24.1 Å². The van der Waals surface area contributed by atoms with Crippen molar-refractivity contribution in [3.8, 4) is 0 Å². The van der Waals surface area contributed by atoms with Crippen LogP contribution in [0, 0.1) is 22.7 Å². The lowest BCUT2D eigenvalue weighted by molar-refractivity contribution is -0.216. The summed E-state index contributed by atoms with van der Waals surface area (Å²) < 4.78 is 16.5. The maximum Gasteiger partial charge on any atom is 0.311 e. The van der Waals surface area contributed by atoms with Crippen LogP contribution in [0.3, 0.4) is 0 Å². The first-order valence-corrected chi connectivity index (χ1v) is 9.89. The first-order chi connectivity index (χ1) is 12.2. The van der Waals surface area contributed by atoms with Gasteiger partial charge in [0.05, 0.1) is 25.7 Å². The summed E-state index contributed by atoms with van der Waals surface area (Å²) in [7, 11) is 1.48. The van der Waals surface area contributed by atoms with Gasteiger partial charge in [-0.05, 0) is 63.2 Å². The summed E-state index contributed by atoms with van der Waals surface area (Å²) in [6.45, 7) is 11.5. The van der Waals surface area contributed by atoms with Gasteiger partial charge in [0.25, 0.3) is 0 Å². The number of fused-ring (bicyclic) bond motifs is 1. The van der Waals surface area contributed by atoms with Crippen LogP contribution < -0.4 is 0 Å². The summed E-state index contributed by atoms with van der Waals surface area (Å²) >= 11 is 0. The molecule has 0 bridgehead atoms. The van der Waals surface area contributed by atoms with E-state index in [9.17, 15) is 9.90 Å². The van der Waals surface area contributed by atoms with E-state index in [2.05, 4.69) is 20.4 Å². The van der Waals surface area contributed by atoms with E-state index in [1.54, 1.807) is 0 Å². The first-order valence-electron chi connectivity index (χ1n) is 9.89. The number of aliphatic hydroxyl groups is 1. The van der Waals surface area contributed by atoms with E-state index < -0.39 is 17.3 Å². The number of carbonyl (C=O) groups is 1. The average molecular weight is 366 g/mol. The summed E-state index contributed by atoms with van der Waals surface area (Å²) in [5.74, 6) is -0.666. The summed E-state index contributed by atoms with van der Waals surface area (Å²) in [6.07, 6.45) is 4.58. The van der Waals surface area contributed by atoms with Crippen molar-refractivity contribution in [2.24, 2.45) is 22.7 Å². The second kappa shape index (κ2) is 6.92. The fourth-order valence-corrected chi connectivity index (χ4v) is 6.02. The Morgan fingerprint density at radius 1 is 1.31 bits per heavy atom. The summed E-state index contributed by atoms with van der Waals surface area (Å²) in [6, 6.07) is 0. The Bertz CT molecular complexity index is 567. The Morgan fingerprint density at radius 2 is 1.96 bits per heavy atom. The molecule has 2 aliphatic carbocycles. The molecule has 148 valence electrons. The third-order valence-electron chi connectivity index (χ3n) is 7.60. The smallest absolute Gasteiger partial charge is 0.311 e. The molecule has 0 radical (unpaired) electrons. The number of carbonyl (C=O) groups excluding carboxylic acids is 1. The largest absolute Gasteiger partial charge is 0.469 e. The SMILES string of the molecule is C=C1CC[C@@H]2[C@](C)(CCC[C@]2(C)C(=O)OC)[C@H]1CC(O)C1(C)OCCO1. The molecule has 26 heavy (non-hydrogen) atoms. The zero-order valence-corrected chi connectivity index (χ0v) is 16.7. The summed E-state index contributed by atoms with van der Waals surface area (Å²) in [4.78, 5) is 12.6. The fraction of sp³-hybridized carbons (Fsp3) is 0.857. The minimum atomic E-state index is -0.941. The molecule has 0 aromatic heterocycles. The molecule has 0 spiro atoms. The number of methoxy groups -OCH3 is 1. The number of allylic oxidation sites excluding steroid dienone is 1. The van der Waals surface area contributed by atoms with E-state index in [0.29, 0.717) is 19.6 Å². The third-order valence-corrected chi connectivity index (χ3v) is 7.60. The van der Waals surface area contributed by atoms with E-state index in [-0.39, 0.29) is 23.2 Å². The molecular weight excluding hydrogens is 332 g/mol. The Hall–Kier alpha value is -0.910. The number of hydrogen-bond donors (Lipinski definition) is 1. The molecule has 5 heteroatoms. The van der Waals surface area contributed by atoms with Crippen molar-refractivity contribution in [3.05, 3.63) is 12.2 Å². The number of rotatable bonds is 4. The normalized spacial score (nSPS) is 40.7. The molecule has 5 nitrogen and oxygen atoms in total. The number of ether oxygens (including phenoxy) is 3. The second-order valence-corrected chi connectivity index (χ2v) is 9.03. The molecule has 1 N–H and O–H groups in total. The van der Waals surface area contributed by atoms with Crippen LogP contribution in [0.4, 0.5) is 0 Å². The van der Waals surface area contributed by atoms with Gasteiger partial charge in [0.1, 0.15) is 6.10 Å². The van der Waals surface area contributed by atoms with Crippen molar-refractivity contribution in [1.82, 2.24) is 0 Å². The van der Waals surface area contributed by atoms with Gasteiger partial charge in [0.2, 0.25) is 0 Å². The van der Waals surface area contributed by atoms with Crippen LogP contribution in [0.1, 0.15) is 59.3 Å². The van der Waals surface area contributed by atoms with Crippen LogP contribution in [0.25, 0.3) is 0 Å². The van der Waals surface area contributed by atoms with Gasteiger partial charge in [0, 0.05) is 0 Å². The van der Waals surface area contributed by atoms with E-state index in [4.69, 9.17) is 14.2 Å². The maximum absolute atomic E-state index is 12.6. The molecule has 1 aliphatic heterocycles. The highest BCUT2D eigenvalue weighted by atomic mass is 16.7. The van der Waals surface area contributed by atoms with Crippen molar-refractivity contribution in [2.75, 3.05) is 20.3 Å². The Morgan fingerprint density at radius 3 is 2.58 bits per heavy atom. The molecule has 0 aromatic carbocycles. The van der Waals surface area contributed by atoms with Crippen LogP contribution in [0.15, 0.2) is 12.2 Å². The van der Waals surface area contributed by atoms with E-state index >= 15 is 0 Å².